The molecule has 0 unspecified atom stereocenters. The summed E-state index contributed by atoms with van der Waals surface area (Å²) in [5, 5.41) is 5.32. The number of anilines is 2. The van der Waals surface area contributed by atoms with Gasteiger partial charge < -0.3 is 14.2 Å². The van der Waals surface area contributed by atoms with E-state index in [2.05, 4.69) is 20.6 Å². The van der Waals surface area contributed by atoms with Gasteiger partial charge in [0.25, 0.3) is 0 Å². The van der Waals surface area contributed by atoms with Crippen molar-refractivity contribution in [3.8, 4) is 0 Å². The molecule has 4 rings (SSSR count). The van der Waals surface area contributed by atoms with Gasteiger partial charge in [-0.25, -0.2) is 19.2 Å². The van der Waals surface area contributed by atoms with E-state index in [0.29, 0.717) is 35.6 Å². The molecule has 0 atom stereocenters. The third-order valence-corrected chi connectivity index (χ3v) is 6.36. The molecule has 0 radical (unpaired) electrons. The van der Waals surface area contributed by atoms with E-state index in [1.54, 1.807) is 48.5 Å². The van der Waals surface area contributed by atoms with Crippen molar-refractivity contribution in [3.05, 3.63) is 119 Å². The van der Waals surface area contributed by atoms with Crippen molar-refractivity contribution >= 4 is 47.1 Å². The predicted molar refractivity (Wildman–Crippen MR) is 168 cm³/mol. The first-order valence-corrected chi connectivity index (χ1v) is 14.0. The zero-order valence-electron chi connectivity index (χ0n) is 24.2. The summed E-state index contributed by atoms with van der Waals surface area (Å²) in [4.78, 5) is 51.9. The Balaban J connectivity index is 1.05. The fourth-order valence-corrected chi connectivity index (χ4v) is 4.16. The van der Waals surface area contributed by atoms with E-state index >= 15 is 0 Å². The predicted octanol–water partition coefficient (Wildman–Crippen LogP) is 6.62. The Labute approximate surface area is 259 Å². The van der Waals surface area contributed by atoms with Crippen LogP contribution in [0, 0.1) is 0 Å². The van der Waals surface area contributed by atoms with Gasteiger partial charge in [0, 0.05) is 11.4 Å². The van der Waals surface area contributed by atoms with Crippen LogP contribution in [-0.2, 0) is 36.6 Å². The van der Waals surface area contributed by atoms with Crippen molar-refractivity contribution in [1.29, 1.82) is 0 Å². The van der Waals surface area contributed by atoms with Gasteiger partial charge in [0.1, 0.15) is 13.2 Å². The molecule has 228 valence electrons. The van der Waals surface area contributed by atoms with Crippen molar-refractivity contribution in [2.24, 2.45) is 9.98 Å². The molecule has 4 aromatic rings. The molecule has 0 bridgehead atoms. The number of ether oxygens (including phenoxy) is 3. The molecule has 0 spiro atoms. The van der Waals surface area contributed by atoms with Gasteiger partial charge in [-0.3, -0.25) is 10.6 Å². The largest absolute Gasteiger partial charge is 0.447 e. The molecule has 45 heavy (non-hydrogen) atoms. The Morgan fingerprint density at radius 1 is 0.511 bits per heavy atom. The maximum atomic E-state index is 12.1. The van der Waals surface area contributed by atoms with Crippen LogP contribution in [0.15, 0.2) is 107 Å². The van der Waals surface area contributed by atoms with Crippen LogP contribution in [0.4, 0.5) is 32.3 Å². The van der Waals surface area contributed by atoms with Crippen LogP contribution in [0.1, 0.15) is 22.3 Å². The number of benzene rings is 4. The first-order chi connectivity index (χ1) is 22.0. The highest BCUT2D eigenvalue weighted by molar-refractivity contribution is 5.85. The van der Waals surface area contributed by atoms with Gasteiger partial charge in [0.15, 0.2) is 0 Å². The molecule has 0 heterocycles. The lowest BCUT2D eigenvalue weighted by atomic mass is 10.0. The molecule has 0 fully saturated rings. The summed E-state index contributed by atoms with van der Waals surface area (Å²) in [6.45, 7) is 0.346. The maximum absolute atomic E-state index is 12.1. The lowest BCUT2D eigenvalue weighted by molar-refractivity contribution is 0.0512. The number of carbonyl (C=O) groups excluding carboxylic acids is 4. The molecule has 0 saturated heterocycles. The van der Waals surface area contributed by atoms with E-state index in [0.717, 1.165) is 22.3 Å². The molecule has 4 aromatic carbocycles. The van der Waals surface area contributed by atoms with Gasteiger partial charge in [-0.2, -0.15) is 9.98 Å². The summed E-state index contributed by atoms with van der Waals surface area (Å²) >= 11 is 0. The van der Waals surface area contributed by atoms with Gasteiger partial charge in [-0.15, -0.1) is 0 Å². The smallest absolute Gasteiger partial charge is 0.411 e. The first kappa shape index (κ1) is 32.1. The number of hydrogen-bond donors (Lipinski definition) is 2. The van der Waals surface area contributed by atoms with Crippen LogP contribution in [0.25, 0.3) is 0 Å². The lowest BCUT2D eigenvalue weighted by Crippen LogP contribution is -2.19. The Morgan fingerprint density at radius 3 is 1.18 bits per heavy atom. The second-order valence-corrected chi connectivity index (χ2v) is 9.62. The molecule has 0 aliphatic heterocycles. The highest BCUT2D eigenvalue weighted by atomic mass is 16.6. The van der Waals surface area contributed by atoms with Gasteiger partial charge in [0.2, 0.25) is 12.2 Å². The molecule has 0 aliphatic rings. The van der Waals surface area contributed by atoms with Crippen molar-refractivity contribution in [1.82, 2.24) is 0 Å². The van der Waals surface area contributed by atoms with Crippen molar-refractivity contribution < 1.29 is 33.4 Å². The highest BCUT2D eigenvalue weighted by Crippen LogP contribution is 2.18. The number of rotatable bonds is 14. The van der Waals surface area contributed by atoms with Gasteiger partial charge in [0.05, 0.1) is 24.6 Å². The van der Waals surface area contributed by atoms with Gasteiger partial charge in [-0.1, -0.05) is 48.5 Å². The maximum Gasteiger partial charge on any atom is 0.411 e. The topological polar surface area (TPSA) is 145 Å². The monoisotopic (exact) mass is 606 g/mol. The van der Waals surface area contributed by atoms with Crippen LogP contribution in [0.2, 0.25) is 0 Å². The van der Waals surface area contributed by atoms with Crippen molar-refractivity contribution in [3.63, 3.8) is 0 Å². The summed E-state index contributed by atoms with van der Waals surface area (Å²) in [5.41, 5.74) is 6.49. The first-order valence-electron chi connectivity index (χ1n) is 14.0. The van der Waals surface area contributed by atoms with E-state index in [9.17, 15) is 19.2 Å². The number of aliphatic imine (C=N–C) groups is 2. The molecular formula is C34H30N4O7. The second kappa shape index (κ2) is 17.3. The Bertz CT molecular complexity index is 1520. The number of carbonyl (C=O) groups is 2. The highest BCUT2D eigenvalue weighted by Gasteiger charge is 2.06. The molecule has 0 aromatic heterocycles. The molecular weight excluding hydrogens is 576 g/mol. The van der Waals surface area contributed by atoms with Crippen molar-refractivity contribution in [2.75, 3.05) is 37.1 Å². The van der Waals surface area contributed by atoms with Gasteiger partial charge >= 0.3 is 12.2 Å². The fourth-order valence-electron chi connectivity index (χ4n) is 4.16. The second-order valence-electron chi connectivity index (χ2n) is 9.62. The Kier molecular flexibility index (Phi) is 12.3. The third-order valence-electron chi connectivity index (χ3n) is 6.36. The van der Waals surface area contributed by atoms with Gasteiger partial charge in [-0.05, 0) is 83.6 Å². The average Bonchev–Trinajstić information content (AvgIpc) is 3.04. The summed E-state index contributed by atoms with van der Waals surface area (Å²) in [6.07, 6.45) is 3.18. The van der Waals surface area contributed by atoms with Crippen molar-refractivity contribution in [2.45, 2.75) is 12.8 Å². The van der Waals surface area contributed by atoms with E-state index < -0.39 is 12.2 Å². The zero-order valence-corrected chi connectivity index (χ0v) is 24.2. The SMILES string of the molecule is O=C=Nc1ccc(Cc2ccc(NC(=O)OCCOCCOC(=O)Nc3ccc(Cc4ccc(N=C=O)cc4)cc3)cc2)cc1. The minimum atomic E-state index is -0.610. The number of nitrogens with one attached hydrogen (secondary N) is 2. The number of isocyanates is 2. The zero-order chi connectivity index (χ0) is 31.7. The summed E-state index contributed by atoms with van der Waals surface area (Å²) in [5.74, 6) is 0. The van der Waals surface area contributed by atoms with E-state index in [1.165, 1.54) is 12.2 Å². The Hall–Kier alpha value is -5.86. The Morgan fingerprint density at radius 2 is 0.844 bits per heavy atom. The van der Waals surface area contributed by atoms with Crippen LogP contribution in [0.3, 0.4) is 0 Å². The standard InChI is InChI=1S/C34H30N4O7/c39-23-35-29-9-1-25(2-10-29)21-27-5-13-31(14-6-27)37-33(41)44-19-17-43-18-20-45-34(42)38-32-15-7-28(8-16-32)22-26-3-11-30(12-4-26)36-24-40/h1-16H,17-22H2,(H,37,41)(H,38,42). The van der Waals surface area contributed by atoms with E-state index in [4.69, 9.17) is 14.2 Å². The number of nitrogens with zero attached hydrogens (tertiary/aromatic N) is 2. The van der Waals surface area contributed by atoms with Crippen LogP contribution in [0.5, 0.6) is 0 Å². The number of amides is 2. The molecule has 0 aliphatic carbocycles. The van der Waals surface area contributed by atoms with Crippen LogP contribution < -0.4 is 10.6 Å². The summed E-state index contributed by atoms with van der Waals surface area (Å²) in [7, 11) is 0. The summed E-state index contributed by atoms with van der Waals surface area (Å²) < 4.78 is 15.6. The fraction of sp³-hybridized carbons (Fsp3) is 0.176. The van der Waals surface area contributed by atoms with E-state index in [-0.39, 0.29) is 26.4 Å². The molecule has 11 nitrogen and oxygen atoms in total. The average molecular weight is 607 g/mol. The normalized spacial score (nSPS) is 10.1. The van der Waals surface area contributed by atoms with Crippen LogP contribution in [-0.4, -0.2) is 50.8 Å². The molecule has 2 N–H and O–H groups in total. The molecule has 0 saturated carbocycles. The quantitative estimate of drug-likeness (QED) is 0.0933. The van der Waals surface area contributed by atoms with Crippen LogP contribution >= 0.6 is 0 Å². The molecule has 11 heteroatoms. The number of hydrogen-bond acceptors (Lipinski definition) is 9. The minimum Gasteiger partial charge on any atom is -0.447 e. The van der Waals surface area contributed by atoms with E-state index in [1.807, 2.05) is 48.5 Å². The minimum absolute atomic E-state index is 0.0312. The molecule has 2 amide bonds. The third kappa shape index (κ3) is 11.4. The lowest BCUT2D eigenvalue weighted by Gasteiger charge is -2.10. The summed E-state index contributed by atoms with van der Waals surface area (Å²) in [6, 6.07) is 29.3.